The second-order valence-electron chi connectivity index (χ2n) is 18.3. The maximum Gasteiger partial charge on any atom is 0.135 e. The van der Waals surface area contributed by atoms with E-state index in [1.54, 1.807) is 6.07 Å². The predicted molar refractivity (Wildman–Crippen MR) is 262 cm³/mol. The number of fused-ring (bicyclic) bond motifs is 4. The van der Waals surface area contributed by atoms with Gasteiger partial charge in [-0.3, -0.25) is 0 Å². The van der Waals surface area contributed by atoms with E-state index in [1.165, 1.54) is 11.6 Å². The molecule has 1 aliphatic rings. The summed E-state index contributed by atoms with van der Waals surface area (Å²) in [7, 11) is 0. The van der Waals surface area contributed by atoms with Crippen molar-refractivity contribution in [2.75, 3.05) is 9.80 Å². The van der Waals surface area contributed by atoms with E-state index in [4.69, 9.17) is 9.72 Å². The van der Waals surface area contributed by atoms with E-state index in [9.17, 15) is 0 Å². The van der Waals surface area contributed by atoms with E-state index >= 15 is 4.39 Å². The zero-order valence-corrected chi connectivity index (χ0v) is 39.9. The van der Waals surface area contributed by atoms with Gasteiger partial charge >= 0.3 is 0 Å². The summed E-state index contributed by atoms with van der Waals surface area (Å²) in [6.45, 7) is 17.8. The van der Waals surface area contributed by atoms with Gasteiger partial charge in [0.1, 0.15) is 11.6 Å². The number of pyridine rings is 1. The molecule has 328 valence electrons. The molecule has 9 aromatic rings. The van der Waals surface area contributed by atoms with Gasteiger partial charge in [-0.15, -0.1) is 53.6 Å². The van der Waals surface area contributed by atoms with E-state index in [-0.39, 0.29) is 44.1 Å². The van der Waals surface area contributed by atoms with Crippen LogP contribution >= 0.6 is 0 Å². The molecule has 0 saturated heterocycles. The summed E-state index contributed by atoms with van der Waals surface area (Å²) in [5.74, 6) is 2.04. The molecule has 5 nitrogen and oxygen atoms in total. The van der Waals surface area contributed by atoms with E-state index in [0.717, 1.165) is 78.2 Å². The number of hydrogen-bond acceptors (Lipinski definition) is 4. The van der Waals surface area contributed by atoms with Crippen LogP contribution in [-0.2, 0) is 26.5 Å². The number of ether oxygens (including phenoxy) is 1. The van der Waals surface area contributed by atoms with Crippen molar-refractivity contribution in [3.63, 3.8) is 0 Å². The molecule has 0 radical (unpaired) electrons. The average Bonchev–Trinajstić information content (AvgIpc) is 3.84. The molecule has 0 saturated carbocycles. The third-order valence-electron chi connectivity index (χ3n) is 12.3. The van der Waals surface area contributed by atoms with Crippen LogP contribution in [0, 0.1) is 24.6 Å². The first-order valence-corrected chi connectivity index (χ1v) is 22.1. The van der Waals surface area contributed by atoms with Gasteiger partial charge in [-0.2, -0.15) is 6.07 Å². The Hall–Kier alpha value is -6.49. The Labute approximate surface area is 396 Å². The zero-order chi connectivity index (χ0) is 44.3. The van der Waals surface area contributed by atoms with Gasteiger partial charge in [0.25, 0.3) is 0 Å². The molecule has 7 aromatic carbocycles. The minimum atomic E-state index is -0.224. The van der Waals surface area contributed by atoms with Crippen molar-refractivity contribution in [2.45, 2.75) is 65.7 Å². The van der Waals surface area contributed by atoms with Crippen LogP contribution in [0.5, 0.6) is 11.5 Å². The maximum absolute atomic E-state index is 15.4. The predicted octanol–water partition coefficient (Wildman–Crippen LogP) is 16.0. The largest absolute Gasteiger partial charge is 0.509 e. The van der Waals surface area contributed by atoms with Crippen molar-refractivity contribution >= 4 is 44.6 Å². The number of aromatic nitrogens is 2. The summed E-state index contributed by atoms with van der Waals surface area (Å²) >= 11 is 0. The average molecular weight is 1030 g/mol. The Morgan fingerprint density at radius 3 is 1.94 bits per heavy atom. The quantitative estimate of drug-likeness (QED) is 0.135. The van der Waals surface area contributed by atoms with Gasteiger partial charge in [0.2, 0.25) is 0 Å². The fraction of sp³-hybridized carbons (Fsp3) is 0.172. The number of para-hydroxylation sites is 3. The fourth-order valence-electron chi connectivity index (χ4n) is 9.20. The number of hydrogen-bond donors (Lipinski definition) is 0. The first-order chi connectivity index (χ1) is 30.9. The van der Waals surface area contributed by atoms with Gasteiger partial charge in [0.05, 0.1) is 0 Å². The van der Waals surface area contributed by atoms with E-state index in [2.05, 4.69) is 185 Å². The molecule has 0 unspecified atom stereocenters. The maximum atomic E-state index is 15.4. The Morgan fingerprint density at radius 2 is 1.25 bits per heavy atom. The van der Waals surface area contributed by atoms with Crippen LogP contribution in [-0.4, -0.2) is 9.55 Å². The van der Waals surface area contributed by atoms with E-state index in [0.29, 0.717) is 17.1 Å². The second-order valence-corrected chi connectivity index (χ2v) is 18.3. The summed E-state index contributed by atoms with van der Waals surface area (Å²) in [6, 6.07) is 58.6. The van der Waals surface area contributed by atoms with Crippen LogP contribution in [0.3, 0.4) is 0 Å². The molecule has 10 rings (SSSR count). The molecule has 65 heavy (non-hydrogen) atoms. The zero-order valence-electron chi connectivity index (χ0n) is 37.6. The van der Waals surface area contributed by atoms with Crippen LogP contribution in [0.2, 0.25) is 0 Å². The van der Waals surface area contributed by atoms with Gasteiger partial charge in [-0.25, -0.2) is 9.37 Å². The summed E-state index contributed by atoms with van der Waals surface area (Å²) < 4.78 is 24.4. The summed E-state index contributed by atoms with van der Waals surface area (Å²) in [5, 5.41) is 2.19. The molecule has 0 amide bonds. The van der Waals surface area contributed by atoms with Gasteiger partial charge in [-0.1, -0.05) is 133 Å². The van der Waals surface area contributed by atoms with Gasteiger partial charge in [0, 0.05) is 66.9 Å². The molecule has 0 aliphatic carbocycles. The molecule has 0 atom stereocenters. The number of benzene rings is 7. The monoisotopic (exact) mass is 1030 g/mol. The van der Waals surface area contributed by atoms with E-state index in [1.807, 2.05) is 42.6 Å². The summed E-state index contributed by atoms with van der Waals surface area (Å²) in [5.41, 5.74) is 13.0. The number of nitrogens with zero attached hydrogens (tertiary/aromatic N) is 4. The van der Waals surface area contributed by atoms with Crippen molar-refractivity contribution in [2.24, 2.45) is 0 Å². The normalized spacial score (nSPS) is 12.6. The molecule has 0 spiro atoms. The van der Waals surface area contributed by atoms with Crippen molar-refractivity contribution in [3.8, 4) is 39.6 Å². The molecule has 3 heterocycles. The minimum absolute atomic E-state index is 0. The Morgan fingerprint density at radius 1 is 0.615 bits per heavy atom. The Bertz CT molecular complexity index is 3170. The van der Waals surface area contributed by atoms with Crippen molar-refractivity contribution in [1.82, 2.24) is 9.55 Å². The topological polar surface area (TPSA) is 33.5 Å². The van der Waals surface area contributed by atoms with Crippen LogP contribution in [0.25, 0.3) is 49.9 Å². The van der Waals surface area contributed by atoms with Crippen molar-refractivity contribution in [3.05, 3.63) is 199 Å². The fourth-order valence-corrected chi connectivity index (χ4v) is 9.20. The van der Waals surface area contributed by atoms with Crippen LogP contribution in [0.15, 0.2) is 158 Å². The minimum Gasteiger partial charge on any atom is -0.509 e. The molecular formula is C58H50FN4OPt-3. The third kappa shape index (κ3) is 8.03. The van der Waals surface area contributed by atoms with Gasteiger partial charge in [-0.05, 0) is 99.0 Å². The molecule has 0 fully saturated rings. The molecule has 2 aromatic heterocycles. The van der Waals surface area contributed by atoms with Gasteiger partial charge in [0.15, 0.2) is 0 Å². The second kappa shape index (κ2) is 17.5. The molecule has 0 N–H and O–H groups in total. The number of rotatable bonds is 9. The van der Waals surface area contributed by atoms with Gasteiger partial charge < -0.3 is 19.1 Å². The first kappa shape index (κ1) is 43.7. The van der Waals surface area contributed by atoms with Crippen molar-refractivity contribution < 1.29 is 30.2 Å². The standard InChI is InChI=1S/C58H50FN4O.Pt/c1-37(2)48-32-40(45-19-9-12-22-51(45)59)33-49(38(3)4)57(48)62-36-61(53-24-14-15-25-54(53)62)41-30-39(44-18-8-11-21-50(44)58(5,6)7)31-43(34-41)64-42-27-28-47-46-20-10-13-23-52(46)63(55(47)35-42)56-26-16-17-29-60-56;/h8-33,36-38H,1-7H3;/q-3;. The molecule has 0 bridgehead atoms. The third-order valence-corrected chi connectivity index (χ3v) is 12.3. The molecule has 1 aliphatic heterocycles. The van der Waals surface area contributed by atoms with E-state index < -0.39 is 0 Å². The smallest absolute Gasteiger partial charge is 0.135 e. The summed E-state index contributed by atoms with van der Waals surface area (Å²) in [4.78, 5) is 9.26. The first-order valence-electron chi connectivity index (χ1n) is 22.1. The van der Waals surface area contributed by atoms with Crippen molar-refractivity contribution in [1.29, 1.82) is 0 Å². The SMILES string of the molecule is CC(C)c1cc(-c2ccccc2F)cc(C(C)C)c1N1[CH-]N(c2[c-]c(Oc3[c-]c4c(cc3)c3ccccc3n4-c3ccccn3)cc(-c3ccccc3C(C)(C)C)c2)c2ccccc21.[Pt]. The van der Waals surface area contributed by atoms with Crippen LogP contribution in [0.4, 0.5) is 27.1 Å². The molecular weight excluding hydrogens is 983 g/mol. The molecule has 7 heteroatoms. The Balaban J connectivity index is 0.00000533. The Kier molecular flexibility index (Phi) is 11.8. The van der Waals surface area contributed by atoms with Crippen LogP contribution in [0.1, 0.15) is 77.0 Å². The number of anilines is 4. The summed E-state index contributed by atoms with van der Waals surface area (Å²) in [6.07, 6.45) is 1.82. The van der Waals surface area contributed by atoms with Crippen LogP contribution < -0.4 is 14.5 Å². The number of halogens is 1.